The van der Waals surface area contributed by atoms with E-state index in [2.05, 4.69) is 16.6 Å². The zero-order valence-electron chi connectivity index (χ0n) is 13.3. The molecule has 24 heavy (non-hydrogen) atoms. The quantitative estimate of drug-likeness (QED) is 0.664. The van der Waals surface area contributed by atoms with Crippen LogP contribution < -0.4 is 10.2 Å². The van der Waals surface area contributed by atoms with Crippen molar-refractivity contribution >= 4 is 23.7 Å². The van der Waals surface area contributed by atoms with Crippen molar-refractivity contribution in [2.24, 2.45) is 5.10 Å². The number of fused-ring (bicyclic) bond motifs is 1. The standard InChI is InChI=1S/C19H19ClN2O2/c20-18-8-4-3-7-16(18)12-21-22-19(23)13-24-17-10-9-14-5-1-2-6-15(14)11-17/h3-4,7-12H,1-2,5-6,13H2,(H,22,23). The fourth-order valence-electron chi connectivity index (χ4n) is 2.73. The highest BCUT2D eigenvalue weighted by Gasteiger charge is 2.10. The van der Waals surface area contributed by atoms with Crippen LogP contribution in [0.15, 0.2) is 47.6 Å². The number of nitrogens with zero attached hydrogens (tertiary/aromatic N) is 1. The first-order valence-corrected chi connectivity index (χ1v) is 8.41. The van der Waals surface area contributed by atoms with Crippen LogP contribution >= 0.6 is 11.6 Å². The zero-order chi connectivity index (χ0) is 16.8. The van der Waals surface area contributed by atoms with Gasteiger partial charge in [0.15, 0.2) is 6.61 Å². The molecule has 1 amide bonds. The van der Waals surface area contributed by atoms with E-state index in [0.29, 0.717) is 5.02 Å². The van der Waals surface area contributed by atoms with Gasteiger partial charge in [-0.25, -0.2) is 5.43 Å². The molecule has 2 aromatic rings. The van der Waals surface area contributed by atoms with Crippen molar-refractivity contribution in [3.05, 3.63) is 64.2 Å². The normalized spacial score (nSPS) is 13.5. The Bertz CT molecular complexity index is 759. The van der Waals surface area contributed by atoms with Crippen molar-refractivity contribution in [3.8, 4) is 5.75 Å². The molecule has 0 aliphatic heterocycles. The molecule has 4 nitrogen and oxygen atoms in total. The number of halogens is 1. The van der Waals surface area contributed by atoms with E-state index in [9.17, 15) is 4.79 Å². The molecule has 3 rings (SSSR count). The lowest BCUT2D eigenvalue weighted by molar-refractivity contribution is -0.123. The van der Waals surface area contributed by atoms with Crippen molar-refractivity contribution in [3.63, 3.8) is 0 Å². The number of hydrogen-bond donors (Lipinski definition) is 1. The number of hydrogen-bond acceptors (Lipinski definition) is 3. The van der Waals surface area contributed by atoms with Gasteiger partial charge in [0.25, 0.3) is 5.91 Å². The molecule has 0 fully saturated rings. The van der Waals surface area contributed by atoms with E-state index < -0.39 is 0 Å². The van der Waals surface area contributed by atoms with E-state index in [4.69, 9.17) is 16.3 Å². The van der Waals surface area contributed by atoms with E-state index in [1.807, 2.05) is 30.3 Å². The van der Waals surface area contributed by atoms with Crippen LogP contribution in [0.3, 0.4) is 0 Å². The summed E-state index contributed by atoms with van der Waals surface area (Å²) < 4.78 is 5.55. The van der Waals surface area contributed by atoms with Crippen LogP contribution in [0, 0.1) is 0 Å². The number of benzene rings is 2. The van der Waals surface area contributed by atoms with E-state index >= 15 is 0 Å². The number of carbonyl (C=O) groups excluding carboxylic acids is 1. The van der Waals surface area contributed by atoms with Gasteiger partial charge in [-0.2, -0.15) is 5.10 Å². The van der Waals surface area contributed by atoms with Crippen molar-refractivity contribution in [1.29, 1.82) is 0 Å². The van der Waals surface area contributed by atoms with Gasteiger partial charge in [0, 0.05) is 10.6 Å². The lowest BCUT2D eigenvalue weighted by atomic mass is 9.92. The molecule has 0 spiro atoms. The van der Waals surface area contributed by atoms with E-state index in [1.54, 1.807) is 6.07 Å². The second-order valence-electron chi connectivity index (χ2n) is 5.74. The lowest BCUT2D eigenvalue weighted by Gasteiger charge is -2.16. The minimum atomic E-state index is -0.309. The monoisotopic (exact) mass is 342 g/mol. The first-order valence-electron chi connectivity index (χ1n) is 8.03. The SMILES string of the molecule is O=C(COc1ccc2c(c1)CCCC2)NN=Cc1ccccc1Cl. The summed E-state index contributed by atoms with van der Waals surface area (Å²) in [5, 5.41) is 4.48. The molecule has 5 heteroatoms. The number of hydrazone groups is 1. The largest absolute Gasteiger partial charge is 0.484 e. The lowest BCUT2D eigenvalue weighted by Crippen LogP contribution is -2.24. The van der Waals surface area contributed by atoms with Crippen molar-refractivity contribution in [2.75, 3.05) is 6.61 Å². The van der Waals surface area contributed by atoms with Gasteiger partial charge >= 0.3 is 0 Å². The number of ether oxygens (including phenoxy) is 1. The summed E-state index contributed by atoms with van der Waals surface area (Å²) in [7, 11) is 0. The summed E-state index contributed by atoms with van der Waals surface area (Å²) in [6, 6.07) is 13.3. The minimum absolute atomic E-state index is 0.0708. The maximum atomic E-state index is 11.8. The van der Waals surface area contributed by atoms with Crippen LogP contribution in [-0.4, -0.2) is 18.7 Å². The molecule has 0 atom stereocenters. The third-order valence-electron chi connectivity index (χ3n) is 3.99. The summed E-state index contributed by atoms with van der Waals surface area (Å²) in [5.41, 5.74) is 5.90. The van der Waals surface area contributed by atoms with E-state index in [0.717, 1.165) is 24.2 Å². The first kappa shape index (κ1) is 16.5. The van der Waals surface area contributed by atoms with Crippen LogP contribution in [-0.2, 0) is 17.6 Å². The highest BCUT2D eigenvalue weighted by molar-refractivity contribution is 6.33. The molecule has 0 saturated carbocycles. The zero-order valence-corrected chi connectivity index (χ0v) is 14.1. The van der Waals surface area contributed by atoms with E-state index in [1.165, 1.54) is 30.2 Å². The smallest absolute Gasteiger partial charge is 0.277 e. The second-order valence-corrected chi connectivity index (χ2v) is 6.15. The van der Waals surface area contributed by atoms with E-state index in [-0.39, 0.29) is 12.5 Å². The molecule has 1 aliphatic rings. The van der Waals surface area contributed by atoms with Crippen LogP contribution in [0.2, 0.25) is 5.02 Å². The molecular formula is C19H19ClN2O2. The molecule has 0 saturated heterocycles. The summed E-state index contributed by atoms with van der Waals surface area (Å²) in [6.07, 6.45) is 6.19. The van der Waals surface area contributed by atoms with Crippen molar-refractivity contribution in [1.82, 2.24) is 5.43 Å². The summed E-state index contributed by atoms with van der Waals surface area (Å²) in [5.74, 6) is 0.414. The first-order chi connectivity index (χ1) is 11.7. The number of amides is 1. The van der Waals surface area contributed by atoms with Gasteiger partial charge < -0.3 is 4.74 Å². The molecule has 1 aliphatic carbocycles. The van der Waals surface area contributed by atoms with Gasteiger partial charge in [-0.3, -0.25) is 4.79 Å². The van der Waals surface area contributed by atoms with Gasteiger partial charge in [-0.15, -0.1) is 0 Å². The Kier molecular flexibility index (Phi) is 5.49. The van der Waals surface area contributed by atoms with Gasteiger partial charge in [0.2, 0.25) is 0 Å². The molecule has 2 aromatic carbocycles. The van der Waals surface area contributed by atoms with Gasteiger partial charge in [-0.1, -0.05) is 35.9 Å². The van der Waals surface area contributed by atoms with Gasteiger partial charge in [0.1, 0.15) is 5.75 Å². The Hall–Kier alpha value is -2.33. The third kappa shape index (κ3) is 4.36. The summed E-state index contributed by atoms with van der Waals surface area (Å²) in [6.45, 7) is -0.0708. The number of aryl methyl sites for hydroxylation is 2. The maximum Gasteiger partial charge on any atom is 0.277 e. The Labute approximate surface area is 146 Å². The molecule has 0 aromatic heterocycles. The van der Waals surface area contributed by atoms with Crippen molar-refractivity contribution in [2.45, 2.75) is 25.7 Å². The predicted octanol–water partition coefficient (Wildman–Crippen LogP) is 3.75. The Morgan fingerprint density at radius 3 is 2.79 bits per heavy atom. The molecule has 124 valence electrons. The fourth-order valence-corrected chi connectivity index (χ4v) is 2.92. The third-order valence-corrected chi connectivity index (χ3v) is 4.33. The number of rotatable bonds is 5. The number of carbonyl (C=O) groups is 1. The van der Waals surface area contributed by atoms with Crippen LogP contribution in [0.25, 0.3) is 0 Å². The molecule has 0 radical (unpaired) electrons. The van der Waals surface area contributed by atoms with Gasteiger partial charge in [0.05, 0.1) is 6.21 Å². The molecule has 0 unspecified atom stereocenters. The van der Waals surface area contributed by atoms with Crippen LogP contribution in [0.4, 0.5) is 0 Å². The van der Waals surface area contributed by atoms with Crippen LogP contribution in [0.5, 0.6) is 5.75 Å². The molecule has 0 bridgehead atoms. The predicted molar refractivity (Wildman–Crippen MR) is 95.8 cm³/mol. The van der Waals surface area contributed by atoms with Crippen LogP contribution in [0.1, 0.15) is 29.5 Å². The summed E-state index contributed by atoms with van der Waals surface area (Å²) in [4.78, 5) is 11.8. The Balaban J connectivity index is 1.50. The highest BCUT2D eigenvalue weighted by Crippen LogP contribution is 2.25. The Morgan fingerprint density at radius 2 is 1.96 bits per heavy atom. The number of nitrogens with one attached hydrogen (secondary N) is 1. The minimum Gasteiger partial charge on any atom is -0.484 e. The maximum absolute atomic E-state index is 11.8. The average Bonchev–Trinajstić information content (AvgIpc) is 2.61. The highest BCUT2D eigenvalue weighted by atomic mass is 35.5. The molecule has 0 heterocycles. The topological polar surface area (TPSA) is 50.7 Å². The average molecular weight is 343 g/mol. The Morgan fingerprint density at radius 1 is 1.17 bits per heavy atom. The van der Waals surface area contributed by atoms with Gasteiger partial charge in [-0.05, 0) is 55.0 Å². The summed E-state index contributed by atoms with van der Waals surface area (Å²) >= 11 is 6.01. The molecule has 1 N–H and O–H groups in total. The van der Waals surface area contributed by atoms with Crippen molar-refractivity contribution < 1.29 is 9.53 Å². The molecular weight excluding hydrogens is 324 g/mol. The fraction of sp³-hybridized carbons (Fsp3) is 0.263. The second kappa shape index (κ2) is 7.97.